The quantitative estimate of drug-likeness (QED) is 0.802. The van der Waals surface area contributed by atoms with Gasteiger partial charge in [0.2, 0.25) is 0 Å². The smallest absolute Gasteiger partial charge is 0.316 e. The summed E-state index contributed by atoms with van der Waals surface area (Å²) in [5, 5.41) is 3.37. The van der Waals surface area contributed by atoms with Gasteiger partial charge in [-0.25, -0.2) is 9.78 Å². The Bertz CT molecular complexity index is 565. The van der Waals surface area contributed by atoms with Crippen molar-refractivity contribution >= 4 is 11.2 Å². The average molecular weight is 232 g/mol. The second-order valence-corrected chi connectivity index (χ2v) is 4.62. The monoisotopic (exact) mass is 232 g/mol. The highest BCUT2D eigenvalue weighted by Gasteiger charge is 2.16. The molecule has 1 unspecified atom stereocenters. The molecule has 1 aliphatic rings. The zero-order chi connectivity index (χ0) is 11.7. The first-order chi connectivity index (χ1) is 8.34. The molecule has 0 saturated carbocycles. The molecule has 1 saturated heterocycles. The Morgan fingerprint density at radius 3 is 3.29 bits per heavy atom. The van der Waals surface area contributed by atoms with Crippen LogP contribution in [0.5, 0.6) is 0 Å². The van der Waals surface area contributed by atoms with E-state index in [1.807, 2.05) is 12.1 Å². The van der Waals surface area contributed by atoms with E-state index < -0.39 is 0 Å². The van der Waals surface area contributed by atoms with Gasteiger partial charge in [0.1, 0.15) is 0 Å². The fourth-order valence-corrected chi connectivity index (χ4v) is 2.51. The van der Waals surface area contributed by atoms with E-state index in [0.29, 0.717) is 11.6 Å². The number of piperidine rings is 1. The van der Waals surface area contributed by atoms with Crippen molar-refractivity contribution in [1.29, 1.82) is 0 Å². The fourth-order valence-electron chi connectivity index (χ4n) is 2.51. The Hall–Kier alpha value is -1.62. The van der Waals surface area contributed by atoms with Gasteiger partial charge in [0.05, 0.1) is 5.52 Å². The van der Waals surface area contributed by atoms with Gasteiger partial charge in [-0.05, 0) is 44.0 Å². The number of pyridine rings is 1. The van der Waals surface area contributed by atoms with Crippen LogP contribution in [0.1, 0.15) is 12.8 Å². The third-order valence-corrected chi connectivity index (χ3v) is 3.39. The van der Waals surface area contributed by atoms with Gasteiger partial charge in [0.15, 0.2) is 5.65 Å². The second kappa shape index (κ2) is 4.33. The summed E-state index contributed by atoms with van der Waals surface area (Å²) in [5.41, 5.74) is 1.54. The van der Waals surface area contributed by atoms with Crippen molar-refractivity contribution in [3.63, 3.8) is 0 Å². The number of H-pyrrole nitrogens is 1. The molecule has 0 radical (unpaired) electrons. The predicted octanol–water partition coefficient (Wildman–Crippen LogP) is 0.724. The van der Waals surface area contributed by atoms with Gasteiger partial charge in [-0.3, -0.25) is 9.55 Å². The molecule has 0 aliphatic carbocycles. The van der Waals surface area contributed by atoms with Crippen molar-refractivity contribution in [3.8, 4) is 0 Å². The average Bonchev–Trinajstić information content (AvgIpc) is 2.68. The number of hydrogen-bond donors (Lipinski definition) is 2. The van der Waals surface area contributed by atoms with E-state index in [0.717, 1.165) is 25.2 Å². The summed E-state index contributed by atoms with van der Waals surface area (Å²) in [6, 6.07) is 3.81. The summed E-state index contributed by atoms with van der Waals surface area (Å²) in [4.78, 5) is 18.8. The van der Waals surface area contributed by atoms with Crippen molar-refractivity contribution in [2.45, 2.75) is 19.4 Å². The van der Waals surface area contributed by atoms with Gasteiger partial charge in [-0.1, -0.05) is 0 Å². The van der Waals surface area contributed by atoms with Crippen LogP contribution < -0.4 is 11.0 Å². The van der Waals surface area contributed by atoms with Gasteiger partial charge in [-0.15, -0.1) is 0 Å². The zero-order valence-electron chi connectivity index (χ0n) is 9.65. The number of aromatic nitrogens is 3. The number of hydrogen-bond acceptors (Lipinski definition) is 3. The van der Waals surface area contributed by atoms with E-state index in [2.05, 4.69) is 15.3 Å². The van der Waals surface area contributed by atoms with Gasteiger partial charge < -0.3 is 5.32 Å². The van der Waals surface area contributed by atoms with Crippen LogP contribution in [0.25, 0.3) is 11.2 Å². The Labute approximate surface area is 98.9 Å². The molecule has 5 heteroatoms. The topological polar surface area (TPSA) is 62.7 Å². The first kappa shape index (κ1) is 10.5. The van der Waals surface area contributed by atoms with Crippen LogP contribution in [0.15, 0.2) is 23.1 Å². The van der Waals surface area contributed by atoms with E-state index in [1.54, 1.807) is 10.8 Å². The largest absolute Gasteiger partial charge is 0.327 e. The minimum Gasteiger partial charge on any atom is -0.316 e. The number of imidazole rings is 1. The van der Waals surface area contributed by atoms with E-state index in [1.165, 1.54) is 12.8 Å². The molecule has 0 amide bonds. The summed E-state index contributed by atoms with van der Waals surface area (Å²) in [7, 11) is 0. The summed E-state index contributed by atoms with van der Waals surface area (Å²) in [6.45, 7) is 2.87. The lowest BCUT2D eigenvalue weighted by Crippen LogP contribution is -2.34. The fraction of sp³-hybridized carbons (Fsp3) is 0.500. The Kier molecular flexibility index (Phi) is 2.68. The molecule has 17 heavy (non-hydrogen) atoms. The van der Waals surface area contributed by atoms with Gasteiger partial charge in [-0.2, -0.15) is 0 Å². The number of nitrogens with one attached hydrogen (secondary N) is 2. The molecule has 5 nitrogen and oxygen atoms in total. The SMILES string of the molecule is O=c1[nH]c2ncccc2n1CC1CCCNC1. The molecule has 0 aromatic carbocycles. The van der Waals surface area contributed by atoms with Crippen molar-refractivity contribution in [2.24, 2.45) is 5.92 Å². The molecule has 2 N–H and O–H groups in total. The van der Waals surface area contributed by atoms with Crippen molar-refractivity contribution in [1.82, 2.24) is 19.9 Å². The van der Waals surface area contributed by atoms with Crippen molar-refractivity contribution in [3.05, 3.63) is 28.8 Å². The zero-order valence-corrected chi connectivity index (χ0v) is 9.65. The highest BCUT2D eigenvalue weighted by molar-refractivity contribution is 5.70. The molecule has 3 rings (SSSR count). The van der Waals surface area contributed by atoms with E-state index in [4.69, 9.17) is 0 Å². The minimum absolute atomic E-state index is 0.0516. The summed E-state index contributed by atoms with van der Waals surface area (Å²) in [6.07, 6.45) is 4.08. The third kappa shape index (κ3) is 1.98. The maximum atomic E-state index is 11.9. The molecule has 0 spiro atoms. The van der Waals surface area contributed by atoms with E-state index >= 15 is 0 Å². The number of nitrogens with zero attached hydrogens (tertiary/aromatic N) is 2. The molecule has 0 bridgehead atoms. The van der Waals surface area contributed by atoms with Gasteiger partial charge in [0.25, 0.3) is 0 Å². The van der Waals surface area contributed by atoms with Crippen LogP contribution in [0, 0.1) is 5.92 Å². The minimum atomic E-state index is -0.0516. The number of aromatic amines is 1. The summed E-state index contributed by atoms with van der Waals surface area (Å²) >= 11 is 0. The maximum absolute atomic E-state index is 11.9. The first-order valence-electron chi connectivity index (χ1n) is 6.09. The van der Waals surface area contributed by atoms with Crippen molar-refractivity contribution in [2.75, 3.05) is 13.1 Å². The molecule has 2 aromatic rings. The molecule has 1 aliphatic heterocycles. The predicted molar refractivity (Wildman–Crippen MR) is 65.9 cm³/mol. The summed E-state index contributed by atoms with van der Waals surface area (Å²) < 4.78 is 1.81. The Morgan fingerprint density at radius 2 is 2.47 bits per heavy atom. The highest BCUT2D eigenvalue weighted by Crippen LogP contribution is 2.14. The van der Waals surface area contributed by atoms with Crippen LogP contribution in [0.2, 0.25) is 0 Å². The second-order valence-electron chi connectivity index (χ2n) is 4.62. The molecule has 90 valence electrons. The molecular formula is C12H16N4O. The van der Waals surface area contributed by atoms with Crippen LogP contribution in [0.3, 0.4) is 0 Å². The van der Waals surface area contributed by atoms with E-state index in [-0.39, 0.29) is 5.69 Å². The third-order valence-electron chi connectivity index (χ3n) is 3.39. The molecular weight excluding hydrogens is 216 g/mol. The lowest BCUT2D eigenvalue weighted by Gasteiger charge is -2.22. The normalized spacial score (nSPS) is 20.8. The summed E-state index contributed by atoms with van der Waals surface area (Å²) in [5.74, 6) is 0.542. The number of fused-ring (bicyclic) bond motifs is 1. The van der Waals surface area contributed by atoms with Gasteiger partial charge in [0, 0.05) is 12.7 Å². The lowest BCUT2D eigenvalue weighted by molar-refractivity contribution is 0.337. The van der Waals surface area contributed by atoms with Crippen LogP contribution in [-0.4, -0.2) is 27.6 Å². The van der Waals surface area contributed by atoms with Crippen molar-refractivity contribution < 1.29 is 0 Å². The Morgan fingerprint density at radius 1 is 1.53 bits per heavy atom. The highest BCUT2D eigenvalue weighted by atomic mass is 16.1. The standard InChI is InChI=1S/C12H16N4O/c17-12-15-11-10(4-2-6-14-11)16(12)8-9-3-1-5-13-7-9/h2,4,6,9,13H,1,3,5,7-8H2,(H,14,15,17). The maximum Gasteiger partial charge on any atom is 0.327 e. The van der Waals surface area contributed by atoms with Crippen LogP contribution in [-0.2, 0) is 6.54 Å². The molecule has 2 aromatic heterocycles. The Balaban J connectivity index is 1.93. The van der Waals surface area contributed by atoms with Gasteiger partial charge >= 0.3 is 5.69 Å². The molecule has 1 atom stereocenters. The van der Waals surface area contributed by atoms with E-state index in [9.17, 15) is 4.79 Å². The van der Waals surface area contributed by atoms with Crippen LogP contribution in [0.4, 0.5) is 0 Å². The molecule has 1 fully saturated rings. The van der Waals surface area contributed by atoms with Crippen LogP contribution >= 0.6 is 0 Å². The number of rotatable bonds is 2. The lowest BCUT2D eigenvalue weighted by atomic mass is 10.00. The molecule has 3 heterocycles. The first-order valence-corrected chi connectivity index (χ1v) is 6.09.